The van der Waals surface area contributed by atoms with Crippen molar-refractivity contribution in [2.45, 2.75) is 6.92 Å². The first kappa shape index (κ1) is 15.0. The lowest BCUT2D eigenvalue weighted by atomic mass is 10.3. The molecule has 0 bridgehead atoms. The summed E-state index contributed by atoms with van der Waals surface area (Å²) in [5.41, 5.74) is 2.01. The van der Waals surface area contributed by atoms with Gasteiger partial charge in [-0.2, -0.15) is 0 Å². The lowest BCUT2D eigenvalue weighted by molar-refractivity contribution is 0.631. The summed E-state index contributed by atoms with van der Waals surface area (Å²) in [4.78, 5) is 14.4. The van der Waals surface area contributed by atoms with Crippen LogP contribution in [-0.2, 0) is 0 Å². The molecular weight excluding hydrogens is 320 g/mol. The van der Waals surface area contributed by atoms with Crippen LogP contribution in [0, 0.1) is 6.92 Å². The fraction of sp³-hybridized carbons (Fsp3) is 0.294. The maximum absolute atomic E-state index is 4.41. The number of aryl methyl sites for hydroxylation is 1. The van der Waals surface area contributed by atoms with E-state index in [4.69, 9.17) is 0 Å². The number of anilines is 2. The number of hydrogen-bond acceptors (Lipinski definition) is 7. The Labute approximate surface area is 144 Å². The lowest BCUT2D eigenvalue weighted by Gasteiger charge is -2.35. The molecule has 1 aliphatic rings. The van der Waals surface area contributed by atoms with Crippen LogP contribution < -0.4 is 9.80 Å². The molecular formula is C17H18N6S. The van der Waals surface area contributed by atoms with Gasteiger partial charge in [-0.1, -0.05) is 6.07 Å². The second kappa shape index (κ2) is 6.52. The summed E-state index contributed by atoms with van der Waals surface area (Å²) in [6.07, 6.45) is 3.73. The third-order valence-corrected chi connectivity index (χ3v) is 4.97. The van der Waals surface area contributed by atoms with Crippen LogP contribution in [0.3, 0.4) is 0 Å². The number of piperazine rings is 1. The quantitative estimate of drug-likeness (QED) is 0.732. The summed E-state index contributed by atoms with van der Waals surface area (Å²) in [6.45, 7) is 5.56. The van der Waals surface area contributed by atoms with Crippen LogP contribution in [0.15, 0.2) is 42.0 Å². The van der Waals surface area contributed by atoms with Crippen LogP contribution in [0.1, 0.15) is 5.56 Å². The summed E-state index contributed by atoms with van der Waals surface area (Å²) in [5.74, 6) is 1.74. The van der Waals surface area contributed by atoms with Gasteiger partial charge < -0.3 is 9.80 Å². The fourth-order valence-electron chi connectivity index (χ4n) is 2.73. The van der Waals surface area contributed by atoms with Crippen molar-refractivity contribution in [2.24, 2.45) is 0 Å². The molecule has 0 aliphatic carbocycles. The average Bonchev–Trinajstić information content (AvgIpc) is 3.17. The SMILES string of the molecule is Cc1cnc(N2CCN(c3ccc(-c4cccs4)nn3)CC2)nc1. The summed E-state index contributed by atoms with van der Waals surface area (Å²) in [7, 11) is 0. The maximum Gasteiger partial charge on any atom is 0.225 e. The molecule has 4 heterocycles. The van der Waals surface area contributed by atoms with Gasteiger partial charge in [-0.05, 0) is 36.1 Å². The maximum atomic E-state index is 4.41. The Morgan fingerprint density at radius 1 is 0.917 bits per heavy atom. The Kier molecular flexibility index (Phi) is 4.08. The highest BCUT2D eigenvalue weighted by Gasteiger charge is 2.20. The first-order chi connectivity index (χ1) is 11.8. The monoisotopic (exact) mass is 338 g/mol. The van der Waals surface area contributed by atoms with E-state index >= 15 is 0 Å². The highest BCUT2D eigenvalue weighted by molar-refractivity contribution is 7.13. The normalized spacial score (nSPS) is 14.9. The number of nitrogens with zero attached hydrogens (tertiary/aromatic N) is 6. The molecule has 0 amide bonds. The lowest BCUT2D eigenvalue weighted by Crippen LogP contribution is -2.47. The predicted octanol–water partition coefficient (Wildman–Crippen LogP) is 2.63. The van der Waals surface area contributed by atoms with Crippen LogP contribution in [0.25, 0.3) is 10.6 Å². The Hall–Kier alpha value is -2.54. The van der Waals surface area contributed by atoms with E-state index in [-0.39, 0.29) is 0 Å². The van der Waals surface area contributed by atoms with Crippen LogP contribution in [0.2, 0.25) is 0 Å². The van der Waals surface area contributed by atoms with Crippen molar-refractivity contribution in [1.29, 1.82) is 0 Å². The molecule has 0 atom stereocenters. The number of aromatic nitrogens is 4. The zero-order valence-electron chi connectivity index (χ0n) is 13.5. The van der Waals surface area contributed by atoms with Crippen molar-refractivity contribution in [3.05, 3.63) is 47.6 Å². The zero-order valence-corrected chi connectivity index (χ0v) is 14.3. The van der Waals surface area contributed by atoms with Crippen LogP contribution in [0.5, 0.6) is 0 Å². The minimum absolute atomic E-state index is 0.805. The van der Waals surface area contributed by atoms with Crippen molar-refractivity contribution in [3.63, 3.8) is 0 Å². The van der Waals surface area contributed by atoms with Crippen molar-refractivity contribution >= 4 is 23.1 Å². The molecule has 0 N–H and O–H groups in total. The summed E-state index contributed by atoms with van der Waals surface area (Å²) < 4.78 is 0. The molecule has 0 saturated carbocycles. The van der Waals surface area contributed by atoms with Crippen molar-refractivity contribution < 1.29 is 0 Å². The highest BCUT2D eigenvalue weighted by atomic mass is 32.1. The zero-order chi connectivity index (χ0) is 16.4. The minimum atomic E-state index is 0.805. The molecule has 1 saturated heterocycles. The Balaban J connectivity index is 1.41. The number of rotatable bonds is 3. The van der Waals surface area contributed by atoms with Gasteiger partial charge in [0.25, 0.3) is 0 Å². The fourth-order valence-corrected chi connectivity index (χ4v) is 3.42. The average molecular weight is 338 g/mol. The van der Waals surface area contributed by atoms with E-state index in [1.807, 2.05) is 31.5 Å². The summed E-state index contributed by atoms with van der Waals surface area (Å²) >= 11 is 1.68. The molecule has 0 radical (unpaired) electrons. The van der Waals surface area contributed by atoms with E-state index in [2.05, 4.69) is 47.5 Å². The van der Waals surface area contributed by atoms with Crippen LogP contribution in [0.4, 0.5) is 11.8 Å². The van der Waals surface area contributed by atoms with E-state index in [9.17, 15) is 0 Å². The molecule has 1 aliphatic heterocycles. The van der Waals surface area contributed by atoms with Crippen molar-refractivity contribution in [2.75, 3.05) is 36.0 Å². The van der Waals surface area contributed by atoms with Gasteiger partial charge in [0.15, 0.2) is 5.82 Å². The topological polar surface area (TPSA) is 58.0 Å². The predicted molar refractivity (Wildman–Crippen MR) is 96.5 cm³/mol. The van der Waals surface area contributed by atoms with E-state index in [1.54, 1.807) is 11.3 Å². The number of hydrogen-bond donors (Lipinski definition) is 0. The van der Waals surface area contributed by atoms with Crippen LogP contribution in [-0.4, -0.2) is 46.3 Å². The minimum Gasteiger partial charge on any atom is -0.352 e. The van der Waals surface area contributed by atoms with Crippen molar-refractivity contribution in [1.82, 2.24) is 20.2 Å². The third kappa shape index (κ3) is 3.07. The van der Waals surface area contributed by atoms with Gasteiger partial charge in [0.1, 0.15) is 5.69 Å². The van der Waals surface area contributed by atoms with E-state index < -0.39 is 0 Å². The number of thiophene rings is 1. The van der Waals surface area contributed by atoms with Crippen LogP contribution >= 0.6 is 11.3 Å². The smallest absolute Gasteiger partial charge is 0.225 e. The Bertz CT molecular complexity index is 777. The molecule has 122 valence electrons. The van der Waals surface area contributed by atoms with Crippen molar-refractivity contribution in [3.8, 4) is 10.6 Å². The molecule has 3 aromatic heterocycles. The molecule has 4 rings (SSSR count). The highest BCUT2D eigenvalue weighted by Crippen LogP contribution is 2.23. The molecule has 1 fully saturated rings. The van der Waals surface area contributed by atoms with E-state index in [0.29, 0.717) is 0 Å². The second-order valence-corrected chi connectivity index (χ2v) is 6.74. The van der Waals surface area contributed by atoms with E-state index in [0.717, 1.165) is 54.1 Å². The summed E-state index contributed by atoms with van der Waals surface area (Å²) in [5, 5.41) is 10.8. The molecule has 24 heavy (non-hydrogen) atoms. The van der Waals surface area contributed by atoms with Gasteiger partial charge in [0.05, 0.1) is 4.88 Å². The van der Waals surface area contributed by atoms with Gasteiger partial charge in [0, 0.05) is 38.6 Å². The largest absolute Gasteiger partial charge is 0.352 e. The summed E-state index contributed by atoms with van der Waals surface area (Å²) in [6, 6.07) is 8.19. The molecule has 0 spiro atoms. The van der Waals surface area contributed by atoms with Gasteiger partial charge in [0.2, 0.25) is 5.95 Å². The molecule has 3 aromatic rings. The third-order valence-electron chi connectivity index (χ3n) is 4.08. The molecule has 6 nitrogen and oxygen atoms in total. The molecule has 7 heteroatoms. The van der Waals surface area contributed by atoms with Gasteiger partial charge >= 0.3 is 0 Å². The molecule has 0 unspecified atom stereocenters. The Morgan fingerprint density at radius 2 is 1.67 bits per heavy atom. The van der Waals surface area contributed by atoms with Gasteiger partial charge in [-0.25, -0.2) is 9.97 Å². The second-order valence-electron chi connectivity index (χ2n) is 5.79. The molecule has 0 aromatic carbocycles. The van der Waals surface area contributed by atoms with Gasteiger partial charge in [-0.3, -0.25) is 0 Å². The first-order valence-corrected chi connectivity index (χ1v) is 8.84. The Morgan fingerprint density at radius 3 is 2.29 bits per heavy atom. The van der Waals surface area contributed by atoms with Gasteiger partial charge in [-0.15, -0.1) is 21.5 Å². The standard InChI is InChI=1S/C17H18N6S/c1-13-11-18-17(19-12-13)23-8-6-22(7-9-23)16-5-4-14(20-21-16)15-3-2-10-24-15/h2-5,10-12H,6-9H2,1H3. The van der Waals surface area contributed by atoms with E-state index in [1.165, 1.54) is 0 Å². The first-order valence-electron chi connectivity index (χ1n) is 7.96.